The molecule has 1 amide bonds. The highest BCUT2D eigenvalue weighted by Gasteiger charge is 2.27. The van der Waals surface area contributed by atoms with Gasteiger partial charge in [-0.15, -0.1) is 0 Å². The molecule has 2 rings (SSSR count). The molecule has 1 aromatic rings. The van der Waals surface area contributed by atoms with Gasteiger partial charge >= 0.3 is 0 Å². The molecule has 2 heterocycles. The van der Waals surface area contributed by atoms with Crippen molar-refractivity contribution in [2.75, 3.05) is 38.0 Å². The summed E-state index contributed by atoms with van der Waals surface area (Å²) in [5.41, 5.74) is 0.729. The summed E-state index contributed by atoms with van der Waals surface area (Å²) in [6.45, 7) is 7.68. The number of nitrogens with zero attached hydrogens (tertiary/aromatic N) is 3. The van der Waals surface area contributed by atoms with Crippen LogP contribution in [0.2, 0.25) is 0 Å². The van der Waals surface area contributed by atoms with Crippen LogP contribution >= 0.6 is 0 Å². The lowest BCUT2D eigenvalue weighted by Crippen LogP contribution is -2.55. The van der Waals surface area contributed by atoms with E-state index in [2.05, 4.69) is 27.0 Å². The van der Waals surface area contributed by atoms with Gasteiger partial charge in [-0.05, 0) is 25.5 Å². The highest BCUT2D eigenvalue weighted by atomic mass is 16.3. The van der Waals surface area contributed by atoms with E-state index in [9.17, 15) is 9.90 Å². The van der Waals surface area contributed by atoms with Crippen molar-refractivity contribution < 1.29 is 9.90 Å². The number of amides is 1. The zero-order valence-corrected chi connectivity index (χ0v) is 13.4. The number of piperazine rings is 1. The Morgan fingerprint density at radius 3 is 3.00 bits per heavy atom. The first-order valence-corrected chi connectivity index (χ1v) is 7.92. The van der Waals surface area contributed by atoms with Crippen LogP contribution in [-0.2, 0) is 4.79 Å². The summed E-state index contributed by atoms with van der Waals surface area (Å²) in [4.78, 5) is 20.6. The lowest BCUT2D eigenvalue weighted by atomic mass is 10.1. The van der Waals surface area contributed by atoms with Crippen LogP contribution in [0.3, 0.4) is 0 Å². The molecule has 2 atom stereocenters. The van der Waals surface area contributed by atoms with Gasteiger partial charge in [-0.1, -0.05) is 6.92 Å². The zero-order valence-electron chi connectivity index (χ0n) is 13.4. The highest BCUT2D eigenvalue weighted by Crippen LogP contribution is 2.13. The molecule has 22 heavy (non-hydrogen) atoms. The molecule has 0 bridgehead atoms. The fourth-order valence-corrected chi connectivity index (χ4v) is 2.91. The maximum Gasteiger partial charge on any atom is 0.238 e. The molecule has 1 aromatic heterocycles. The number of pyridine rings is 1. The second-order valence-corrected chi connectivity index (χ2v) is 5.93. The number of carbonyl (C=O) groups excluding carboxylic acids is 1. The first-order valence-electron chi connectivity index (χ1n) is 7.92. The van der Waals surface area contributed by atoms with Crippen molar-refractivity contribution in [3.63, 3.8) is 0 Å². The van der Waals surface area contributed by atoms with Gasteiger partial charge in [-0.2, -0.15) is 0 Å². The second-order valence-electron chi connectivity index (χ2n) is 5.93. The number of aliphatic hydroxyl groups is 1. The lowest BCUT2D eigenvalue weighted by Gasteiger charge is -2.41. The van der Waals surface area contributed by atoms with Crippen molar-refractivity contribution in [3.05, 3.63) is 24.5 Å². The number of hydrogen-bond acceptors (Lipinski definition) is 5. The van der Waals surface area contributed by atoms with E-state index < -0.39 is 0 Å². The molecule has 1 saturated heterocycles. The summed E-state index contributed by atoms with van der Waals surface area (Å²) >= 11 is 0. The predicted molar refractivity (Wildman–Crippen MR) is 86.6 cm³/mol. The molecule has 0 spiro atoms. The molecular weight excluding hydrogens is 280 g/mol. The summed E-state index contributed by atoms with van der Waals surface area (Å²) in [6.07, 6.45) is 4.04. The molecule has 6 nitrogen and oxygen atoms in total. The van der Waals surface area contributed by atoms with Gasteiger partial charge in [0.2, 0.25) is 5.91 Å². The van der Waals surface area contributed by atoms with Gasteiger partial charge in [-0.25, -0.2) is 0 Å². The van der Waals surface area contributed by atoms with Crippen LogP contribution in [0.1, 0.15) is 20.3 Å². The largest absolute Gasteiger partial charge is 0.392 e. The number of hydrogen-bond donors (Lipinski definition) is 2. The van der Waals surface area contributed by atoms with E-state index in [1.165, 1.54) is 0 Å². The standard InChI is InChI=1S/C16H26N4O2/c1-3-15-11-19(7-8-20(15)10-13(2)21)12-16(22)18-14-5-4-6-17-9-14/h4-6,9,13,15,21H,3,7-8,10-12H2,1-2H3,(H,18,22)/t13-,15-/m0/s1. The minimum atomic E-state index is -0.311. The minimum Gasteiger partial charge on any atom is -0.392 e. The number of carbonyl (C=O) groups is 1. The van der Waals surface area contributed by atoms with E-state index in [4.69, 9.17) is 0 Å². The van der Waals surface area contributed by atoms with E-state index in [0.717, 1.165) is 31.7 Å². The molecule has 122 valence electrons. The molecule has 0 aromatic carbocycles. The van der Waals surface area contributed by atoms with Gasteiger partial charge in [-0.3, -0.25) is 19.6 Å². The third-order valence-electron chi connectivity index (χ3n) is 3.97. The van der Waals surface area contributed by atoms with Crippen molar-refractivity contribution in [1.82, 2.24) is 14.8 Å². The quantitative estimate of drug-likeness (QED) is 0.813. The van der Waals surface area contributed by atoms with Crippen LogP contribution in [0.15, 0.2) is 24.5 Å². The normalized spacial score (nSPS) is 21.5. The summed E-state index contributed by atoms with van der Waals surface area (Å²) in [5, 5.41) is 12.4. The predicted octanol–water partition coefficient (Wildman–Crippen LogP) is 0.797. The molecule has 0 unspecified atom stereocenters. The zero-order chi connectivity index (χ0) is 15.9. The monoisotopic (exact) mass is 306 g/mol. The lowest BCUT2D eigenvalue weighted by molar-refractivity contribution is -0.118. The van der Waals surface area contributed by atoms with Gasteiger partial charge < -0.3 is 10.4 Å². The third-order valence-corrected chi connectivity index (χ3v) is 3.97. The summed E-state index contributed by atoms with van der Waals surface area (Å²) in [5.74, 6) is -0.00757. The Kier molecular flexibility index (Phi) is 6.30. The average Bonchev–Trinajstić information content (AvgIpc) is 2.49. The van der Waals surface area contributed by atoms with E-state index in [0.29, 0.717) is 19.1 Å². The Balaban J connectivity index is 1.83. The Morgan fingerprint density at radius 1 is 1.55 bits per heavy atom. The number of β-amino-alcohol motifs (C(OH)–C–C–N with tert-alkyl or cyclic N) is 1. The van der Waals surface area contributed by atoms with E-state index in [1.807, 2.05) is 13.0 Å². The third kappa shape index (κ3) is 5.05. The molecule has 1 aliphatic rings. The van der Waals surface area contributed by atoms with Gasteiger partial charge in [0.25, 0.3) is 0 Å². The average molecular weight is 306 g/mol. The van der Waals surface area contributed by atoms with Gasteiger partial charge in [0.05, 0.1) is 24.5 Å². The summed E-state index contributed by atoms with van der Waals surface area (Å²) in [7, 11) is 0. The van der Waals surface area contributed by atoms with E-state index in [-0.39, 0.29) is 12.0 Å². The highest BCUT2D eigenvalue weighted by molar-refractivity contribution is 5.92. The van der Waals surface area contributed by atoms with Crippen molar-refractivity contribution >= 4 is 11.6 Å². The molecule has 0 aliphatic carbocycles. The van der Waals surface area contributed by atoms with Crippen molar-refractivity contribution in [1.29, 1.82) is 0 Å². The number of rotatable bonds is 6. The SMILES string of the molecule is CC[C@H]1CN(CC(=O)Nc2cccnc2)CCN1C[C@H](C)O. The Morgan fingerprint density at radius 2 is 2.36 bits per heavy atom. The second kappa shape index (κ2) is 8.22. The Labute approximate surface area is 132 Å². The van der Waals surface area contributed by atoms with E-state index in [1.54, 1.807) is 18.5 Å². The number of nitrogens with one attached hydrogen (secondary N) is 1. The molecular formula is C16H26N4O2. The maximum atomic E-state index is 12.1. The summed E-state index contributed by atoms with van der Waals surface area (Å²) in [6, 6.07) is 4.03. The Hall–Kier alpha value is -1.50. The van der Waals surface area contributed by atoms with Gasteiger partial charge in [0, 0.05) is 38.4 Å². The van der Waals surface area contributed by atoms with Crippen molar-refractivity contribution in [2.24, 2.45) is 0 Å². The molecule has 2 N–H and O–H groups in total. The van der Waals surface area contributed by atoms with Crippen molar-refractivity contribution in [3.8, 4) is 0 Å². The van der Waals surface area contributed by atoms with Crippen LogP contribution in [0.4, 0.5) is 5.69 Å². The Bertz CT molecular complexity index is 466. The molecule has 0 saturated carbocycles. The molecule has 0 radical (unpaired) electrons. The summed E-state index contributed by atoms with van der Waals surface area (Å²) < 4.78 is 0. The van der Waals surface area contributed by atoms with Crippen LogP contribution in [-0.4, -0.2) is 70.7 Å². The van der Waals surface area contributed by atoms with Gasteiger partial charge in [0.15, 0.2) is 0 Å². The molecule has 6 heteroatoms. The smallest absolute Gasteiger partial charge is 0.238 e. The fourth-order valence-electron chi connectivity index (χ4n) is 2.91. The van der Waals surface area contributed by atoms with Crippen LogP contribution < -0.4 is 5.32 Å². The number of aliphatic hydroxyl groups excluding tert-OH is 1. The van der Waals surface area contributed by atoms with Crippen LogP contribution in [0.25, 0.3) is 0 Å². The number of anilines is 1. The maximum absolute atomic E-state index is 12.1. The topological polar surface area (TPSA) is 68.7 Å². The van der Waals surface area contributed by atoms with Crippen LogP contribution in [0, 0.1) is 0 Å². The van der Waals surface area contributed by atoms with Crippen LogP contribution in [0.5, 0.6) is 0 Å². The first-order chi connectivity index (χ1) is 10.6. The number of aromatic nitrogens is 1. The molecule has 1 fully saturated rings. The molecule has 1 aliphatic heterocycles. The van der Waals surface area contributed by atoms with E-state index >= 15 is 0 Å². The fraction of sp³-hybridized carbons (Fsp3) is 0.625. The first kappa shape index (κ1) is 16.9. The van der Waals surface area contributed by atoms with Crippen molar-refractivity contribution in [2.45, 2.75) is 32.4 Å². The minimum absolute atomic E-state index is 0.00757. The van der Waals surface area contributed by atoms with Gasteiger partial charge in [0.1, 0.15) is 0 Å².